The number of hydrogen-bond donors (Lipinski definition) is 1. The molecular formula is C23H36O2. The van der Waals surface area contributed by atoms with Crippen molar-refractivity contribution in [1.29, 1.82) is 0 Å². The fraction of sp³-hybridized carbons (Fsp3) is 0.739. The Kier molecular flexibility index (Phi) is 4.73. The third-order valence-corrected chi connectivity index (χ3v) is 7.55. The SMILES string of the molecule is COc1cc(C)cc(CC2C(C)(O)CCC3C(C)(C)CCCC32C)c1. The van der Waals surface area contributed by atoms with Gasteiger partial charge in [-0.25, -0.2) is 0 Å². The molecule has 4 atom stereocenters. The van der Waals surface area contributed by atoms with E-state index in [-0.39, 0.29) is 5.41 Å². The Morgan fingerprint density at radius 2 is 1.80 bits per heavy atom. The molecule has 1 N–H and O–H groups in total. The second-order valence-corrected chi connectivity index (χ2v) is 9.91. The monoisotopic (exact) mass is 344 g/mol. The molecule has 140 valence electrons. The molecule has 2 heteroatoms. The lowest BCUT2D eigenvalue weighted by Gasteiger charge is -2.61. The predicted molar refractivity (Wildman–Crippen MR) is 104 cm³/mol. The zero-order valence-corrected chi connectivity index (χ0v) is 17.0. The summed E-state index contributed by atoms with van der Waals surface area (Å²) in [7, 11) is 1.73. The van der Waals surface area contributed by atoms with Crippen LogP contribution < -0.4 is 4.74 Å². The van der Waals surface area contributed by atoms with Crippen molar-refractivity contribution >= 4 is 0 Å². The minimum Gasteiger partial charge on any atom is -0.497 e. The maximum Gasteiger partial charge on any atom is 0.119 e. The molecule has 0 aliphatic heterocycles. The Bertz CT molecular complexity index is 631. The van der Waals surface area contributed by atoms with Crippen LogP contribution in [-0.4, -0.2) is 17.8 Å². The van der Waals surface area contributed by atoms with E-state index in [9.17, 15) is 5.11 Å². The molecule has 2 saturated carbocycles. The first-order chi connectivity index (χ1) is 11.6. The molecule has 2 aliphatic rings. The fourth-order valence-corrected chi connectivity index (χ4v) is 6.37. The van der Waals surface area contributed by atoms with Gasteiger partial charge in [-0.1, -0.05) is 33.3 Å². The van der Waals surface area contributed by atoms with Crippen LogP contribution in [0.3, 0.4) is 0 Å². The van der Waals surface area contributed by atoms with Crippen molar-refractivity contribution in [2.45, 2.75) is 78.7 Å². The smallest absolute Gasteiger partial charge is 0.119 e. The Morgan fingerprint density at radius 1 is 1.08 bits per heavy atom. The van der Waals surface area contributed by atoms with Crippen molar-refractivity contribution in [3.8, 4) is 5.75 Å². The van der Waals surface area contributed by atoms with Gasteiger partial charge in [-0.3, -0.25) is 0 Å². The van der Waals surface area contributed by atoms with E-state index in [1.807, 2.05) is 0 Å². The number of ether oxygens (including phenoxy) is 1. The van der Waals surface area contributed by atoms with E-state index in [1.165, 1.54) is 30.4 Å². The Morgan fingerprint density at radius 3 is 2.48 bits per heavy atom. The third-order valence-electron chi connectivity index (χ3n) is 7.55. The van der Waals surface area contributed by atoms with Gasteiger partial charge in [0.25, 0.3) is 0 Å². The standard InChI is InChI=1S/C23H36O2/c1-16-12-17(14-18(13-16)25-6)15-20-22(4)10-7-9-21(2,3)19(22)8-11-23(20,5)24/h12-14,19-20,24H,7-11,15H2,1-6H3. The highest BCUT2D eigenvalue weighted by Crippen LogP contribution is 2.62. The lowest BCUT2D eigenvalue weighted by molar-refractivity contribution is -0.166. The van der Waals surface area contributed by atoms with Crippen molar-refractivity contribution in [2.24, 2.45) is 22.7 Å². The number of rotatable bonds is 3. The minimum absolute atomic E-state index is 0.209. The van der Waals surface area contributed by atoms with Crippen LogP contribution in [0.2, 0.25) is 0 Å². The van der Waals surface area contributed by atoms with E-state index in [2.05, 4.69) is 52.8 Å². The Hall–Kier alpha value is -1.02. The van der Waals surface area contributed by atoms with Crippen molar-refractivity contribution in [2.75, 3.05) is 7.11 Å². The lowest BCUT2D eigenvalue weighted by Crippen LogP contribution is -2.58. The fourth-order valence-electron chi connectivity index (χ4n) is 6.37. The molecule has 3 rings (SSSR count). The number of aliphatic hydroxyl groups is 1. The second-order valence-electron chi connectivity index (χ2n) is 9.91. The summed E-state index contributed by atoms with van der Waals surface area (Å²) in [4.78, 5) is 0. The molecule has 0 radical (unpaired) electrons. The van der Waals surface area contributed by atoms with Gasteiger partial charge >= 0.3 is 0 Å². The van der Waals surface area contributed by atoms with Gasteiger partial charge in [0.1, 0.15) is 5.75 Å². The van der Waals surface area contributed by atoms with Crippen molar-refractivity contribution in [1.82, 2.24) is 0 Å². The number of benzene rings is 1. The topological polar surface area (TPSA) is 29.5 Å². The van der Waals surface area contributed by atoms with Crippen LogP contribution in [0, 0.1) is 29.6 Å². The summed E-state index contributed by atoms with van der Waals surface area (Å²) in [6, 6.07) is 6.50. The molecule has 25 heavy (non-hydrogen) atoms. The van der Waals surface area contributed by atoms with Gasteiger partial charge in [0.2, 0.25) is 0 Å². The molecule has 4 unspecified atom stereocenters. The van der Waals surface area contributed by atoms with E-state index < -0.39 is 5.60 Å². The van der Waals surface area contributed by atoms with E-state index in [0.29, 0.717) is 17.3 Å². The summed E-state index contributed by atoms with van der Waals surface area (Å²) in [6.45, 7) is 11.6. The maximum absolute atomic E-state index is 11.3. The number of aryl methyl sites for hydroxylation is 1. The molecule has 0 heterocycles. The average Bonchev–Trinajstić information content (AvgIpc) is 2.49. The van der Waals surface area contributed by atoms with Gasteiger partial charge in [-0.2, -0.15) is 0 Å². The highest BCUT2D eigenvalue weighted by molar-refractivity contribution is 5.34. The number of fused-ring (bicyclic) bond motifs is 1. The quantitative estimate of drug-likeness (QED) is 0.780. The van der Waals surface area contributed by atoms with E-state index in [4.69, 9.17) is 4.74 Å². The van der Waals surface area contributed by atoms with Gasteiger partial charge < -0.3 is 9.84 Å². The summed E-state index contributed by atoms with van der Waals surface area (Å²) in [5.74, 6) is 1.92. The molecule has 0 bridgehead atoms. The Balaban J connectivity index is 1.98. The summed E-state index contributed by atoms with van der Waals surface area (Å²) >= 11 is 0. The number of methoxy groups -OCH3 is 1. The highest BCUT2D eigenvalue weighted by atomic mass is 16.5. The molecule has 0 aromatic heterocycles. The van der Waals surface area contributed by atoms with Gasteiger partial charge in [-0.15, -0.1) is 0 Å². The van der Waals surface area contributed by atoms with Crippen molar-refractivity contribution in [3.63, 3.8) is 0 Å². The first-order valence-corrected chi connectivity index (χ1v) is 9.95. The average molecular weight is 345 g/mol. The molecule has 0 saturated heterocycles. The predicted octanol–water partition coefficient (Wildman–Crippen LogP) is 5.54. The molecule has 1 aromatic carbocycles. The molecule has 2 nitrogen and oxygen atoms in total. The van der Waals surface area contributed by atoms with E-state index in [0.717, 1.165) is 25.0 Å². The van der Waals surface area contributed by atoms with Gasteiger partial charge in [0.05, 0.1) is 12.7 Å². The summed E-state index contributed by atoms with van der Waals surface area (Å²) in [6.07, 6.45) is 6.86. The van der Waals surface area contributed by atoms with Crippen LogP contribution in [0.25, 0.3) is 0 Å². The maximum atomic E-state index is 11.3. The first kappa shape index (κ1) is 18.8. The zero-order valence-electron chi connectivity index (χ0n) is 17.0. The van der Waals surface area contributed by atoms with Crippen molar-refractivity contribution in [3.05, 3.63) is 29.3 Å². The van der Waals surface area contributed by atoms with Gasteiger partial charge in [0, 0.05) is 0 Å². The van der Waals surface area contributed by atoms with Crippen LogP contribution in [-0.2, 0) is 6.42 Å². The highest BCUT2D eigenvalue weighted by Gasteiger charge is 2.57. The van der Waals surface area contributed by atoms with Crippen LogP contribution >= 0.6 is 0 Å². The molecule has 0 spiro atoms. The van der Waals surface area contributed by atoms with Crippen LogP contribution in [0.5, 0.6) is 5.75 Å². The van der Waals surface area contributed by atoms with E-state index >= 15 is 0 Å². The Labute approximate surface area is 154 Å². The molecule has 1 aromatic rings. The first-order valence-electron chi connectivity index (χ1n) is 9.95. The lowest BCUT2D eigenvalue weighted by atomic mass is 9.45. The van der Waals surface area contributed by atoms with Crippen LogP contribution in [0.4, 0.5) is 0 Å². The summed E-state index contributed by atoms with van der Waals surface area (Å²) in [5, 5.41) is 11.3. The van der Waals surface area contributed by atoms with E-state index in [1.54, 1.807) is 7.11 Å². The van der Waals surface area contributed by atoms with Gasteiger partial charge in [-0.05, 0) is 91.9 Å². The molecule has 2 aliphatic carbocycles. The summed E-state index contributed by atoms with van der Waals surface area (Å²) in [5.41, 5.74) is 2.53. The second kappa shape index (κ2) is 6.30. The van der Waals surface area contributed by atoms with Crippen molar-refractivity contribution < 1.29 is 9.84 Å². The molecule has 2 fully saturated rings. The normalized spacial score (nSPS) is 37.4. The number of hydrogen-bond acceptors (Lipinski definition) is 2. The van der Waals surface area contributed by atoms with Gasteiger partial charge in [0.15, 0.2) is 0 Å². The largest absolute Gasteiger partial charge is 0.497 e. The minimum atomic E-state index is -0.588. The zero-order chi connectivity index (χ0) is 18.5. The van der Waals surface area contributed by atoms with Crippen LogP contribution in [0.1, 0.15) is 70.9 Å². The molecule has 0 amide bonds. The third kappa shape index (κ3) is 3.35. The summed E-state index contributed by atoms with van der Waals surface area (Å²) < 4.78 is 5.48. The molecular weight excluding hydrogens is 308 g/mol. The van der Waals surface area contributed by atoms with Crippen LogP contribution in [0.15, 0.2) is 18.2 Å².